The summed E-state index contributed by atoms with van der Waals surface area (Å²) >= 11 is 0. The Hall–Kier alpha value is -3.86. The van der Waals surface area contributed by atoms with Gasteiger partial charge in [0.15, 0.2) is 5.78 Å². The average molecular weight is 621 g/mol. The van der Waals surface area contributed by atoms with E-state index in [0.717, 1.165) is 39.3 Å². The molecular formula is C41H52N2O3. The van der Waals surface area contributed by atoms with Crippen LogP contribution in [0.15, 0.2) is 71.9 Å². The molecule has 0 aromatic heterocycles. The SMILES string of the molecule is CC(C)C(=O)N1c2ccccc2NC2=C(C(=O)C[C@H](c3ccc(C(C)(C)C)cc3)C2)[C@@H]1c1cc(C(C)(C)C)c(O)c(C(C)(C)C)c1. The van der Waals surface area contributed by atoms with Gasteiger partial charge in [0.1, 0.15) is 5.75 Å². The molecule has 46 heavy (non-hydrogen) atoms. The van der Waals surface area contributed by atoms with E-state index < -0.39 is 6.04 Å². The van der Waals surface area contributed by atoms with Crippen molar-refractivity contribution in [2.45, 2.75) is 117 Å². The number of allylic oxidation sites excluding steroid dienone is 1. The number of amides is 1. The fourth-order valence-electron chi connectivity index (χ4n) is 6.88. The van der Waals surface area contributed by atoms with E-state index in [1.807, 2.05) is 55.1 Å². The van der Waals surface area contributed by atoms with Gasteiger partial charge in [0, 0.05) is 23.6 Å². The minimum Gasteiger partial charge on any atom is -0.507 e. The Morgan fingerprint density at radius 2 is 1.37 bits per heavy atom. The first kappa shape index (κ1) is 33.5. The number of anilines is 2. The van der Waals surface area contributed by atoms with Crippen LogP contribution in [0.1, 0.15) is 129 Å². The number of para-hydroxylation sites is 2. The summed E-state index contributed by atoms with van der Waals surface area (Å²) in [6, 6.07) is 20.0. The molecule has 0 radical (unpaired) electrons. The molecule has 5 rings (SSSR count). The van der Waals surface area contributed by atoms with Gasteiger partial charge >= 0.3 is 0 Å². The summed E-state index contributed by atoms with van der Waals surface area (Å²) in [6.07, 6.45) is 1.02. The number of hydrogen-bond donors (Lipinski definition) is 2. The van der Waals surface area contributed by atoms with Gasteiger partial charge in [-0.05, 0) is 80.7 Å². The van der Waals surface area contributed by atoms with Crippen molar-refractivity contribution >= 4 is 23.1 Å². The van der Waals surface area contributed by atoms with E-state index in [-0.39, 0.29) is 45.5 Å². The third kappa shape index (κ3) is 6.26. The molecule has 0 unspecified atom stereocenters. The number of benzene rings is 3. The predicted molar refractivity (Wildman–Crippen MR) is 190 cm³/mol. The van der Waals surface area contributed by atoms with E-state index in [1.54, 1.807) is 0 Å². The van der Waals surface area contributed by atoms with Gasteiger partial charge in [-0.3, -0.25) is 14.5 Å². The maximum absolute atomic E-state index is 14.6. The molecule has 0 spiro atoms. The van der Waals surface area contributed by atoms with Gasteiger partial charge in [-0.25, -0.2) is 0 Å². The summed E-state index contributed by atoms with van der Waals surface area (Å²) in [5, 5.41) is 15.3. The van der Waals surface area contributed by atoms with Crippen molar-refractivity contribution in [3.05, 3.63) is 99.8 Å². The van der Waals surface area contributed by atoms with Crippen molar-refractivity contribution in [1.82, 2.24) is 0 Å². The number of fused-ring (bicyclic) bond motifs is 1. The van der Waals surface area contributed by atoms with E-state index in [2.05, 4.69) is 91.9 Å². The Kier molecular flexibility index (Phi) is 8.55. The standard InChI is InChI=1S/C41H52N2O3/c1-24(2)38(46)43-33-15-13-12-14-31(33)42-32-22-26(25-16-18-28(19-17-25)39(3,4)5)23-34(44)35(32)36(43)27-20-29(40(6,7)8)37(45)30(21-27)41(9,10)11/h12-21,24,26,36,42,45H,22-23H2,1-11H3/t26-,36+/m1/s1. The first-order valence-corrected chi connectivity index (χ1v) is 16.7. The number of carbonyl (C=O) groups is 2. The summed E-state index contributed by atoms with van der Waals surface area (Å²) in [6.45, 7) is 23.0. The summed E-state index contributed by atoms with van der Waals surface area (Å²) < 4.78 is 0. The number of phenolic OH excluding ortho intramolecular Hbond substituents is 1. The van der Waals surface area contributed by atoms with Crippen LogP contribution in [-0.4, -0.2) is 16.8 Å². The highest BCUT2D eigenvalue weighted by molar-refractivity contribution is 6.07. The van der Waals surface area contributed by atoms with Crippen LogP contribution in [-0.2, 0) is 25.8 Å². The maximum Gasteiger partial charge on any atom is 0.230 e. The van der Waals surface area contributed by atoms with E-state index in [9.17, 15) is 14.7 Å². The lowest BCUT2D eigenvalue weighted by Crippen LogP contribution is -2.41. The Balaban J connectivity index is 1.78. The molecule has 3 aromatic carbocycles. The van der Waals surface area contributed by atoms with E-state index in [0.29, 0.717) is 18.4 Å². The predicted octanol–water partition coefficient (Wildman–Crippen LogP) is 9.84. The molecule has 5 heteroatoms. The number of nitrogens with one attached hydrogen (secondary N) is 1. The van der Waals surface area contributed by atoms with E-state index in [1.165, 1.54) is 5.56 Å². The number of hydrogen-bond acceptors (Lipinski definition) is 4. The highest BCUT2D eigenvalue weighted by Crippen LogP contribution is 2.50. The largest absolute Gasteiger partial charge is 0.507 e. The first-order valence-electron chi connectivity index (χ1n) is 16.7. The molecule has 0 bridgehead atoms. The number of ketones is 1. The van der Waals surface area contributed by atoms with Crippen molar-refractivity contribution in [1.29, 1.82) is 0 Å². The van der Waals surface area contributed by atoms with Gasteiger partial charge in [-0.1, -0.05) is 113 Å². The quantitative estimate of drug-likeness (QED) is 0.306. The molecule has 0 fully saturated rings. The van der Waals surface area contributed by atoms with Crippen LogP contribution in [0.25, 0.3) is 0 Å². The van der Waals surface area contributed by atoms with Crippen LogP contribution in [0.4, 0.5) is 11.4 Å². The molecule has 0 saturated heterocycles. The van der Waals surface area contributed by atoms with Gasteiger partial charge in [-0.2, -0.15) is 0 Å². The minimum atomic E-state index is -0.652. The van der Waals surface area contributed by atoms with E-state index >= 15 is 0 Å². The lowest BCUT2D eigenvalue weighted by Gasteiger charge is -2.37. The van der Waals surface area contributed by atoms with Crippen LogP contribution in [0, 0.1) is 5.92 Å². The van der Waals surface area contributed by atoms with Gasteiger partial charge in [0.05, 0.1) is 17.4 Å². The molecule has 0 saturated carbocycles. The van der Waals surface area contributed by atoms with Crippen molar-refractivity contribution < 1.29 is 14.7 Å². The van der Waals surface area contributed by atoms with Crippen LogP contribution < -0.4 is 10.2 Å². The zero-order valence-corrected chi connectivity index (χ0v) is 29.6. The molecule has 1 amide bonds. The molecule has 1 aliphatic heterocycles. The van der Waals surface area contributed by atoms with Crippen LogP contribution in [0.3, 0.4) is 0 Å². The highest BCUT2D eigenvalue weighted by Gasteiger charge is 2.43. The summed E-state index contributed by atoms with van der Waals surface area (Å²) in [5.41, 5.74) is 7.23. The van der Waals surface area contributed by atoms with Gasteiger partial charge in [0.2, 0.25) is 5.91 Å². The van der Waals surface area contributed by atoms with Gasteiger partial charge < -0.3 is 10.4 Å². The van der Waals surface area contributed by atoms with Crippen LogP contribution in [0.2, 0.25) is 0 Å². The summed E-state index contributed by atoms with van der Waals surface area (Å²) in [7, 11) is 0. The van der Waals surface area contributed by atoms with Gasteiger partial charge in [0.25, 0.3) is 0 Å². The number of rotatable bonds is 3. The van der Waals surface area contributed by atoms with E-state index in [4.69, 9.17) is 0 Å². The number of nitrogens with zero attached hydrogens (tertiary/aromatic N) is 1. The molecule has 5 nitrogen and oxygen atoms in total. The lowest BCUT2D eigenvalue weighted by atomic mass is 9.74. The Morgan fingerprint density at radius 1 is 0.804 bits per heavy atom. The highest BCUT2D eigenvalue weighted by atomic mass is 16.3. The molecule has 2 atom stereocenters. The Bertz CT molecular complexity index is 1660. The van der Waals surface area contributed by atoms with Crippen LogP contribution in [0.5, 0.6) is 5.75 Å². The van der Waals surface area contributed by atoms with Crippen LogP contribution >= 0.6 is 0 Å². The number of carbonyl (C=O) groups excluding carboxylic acids is 2. The molecular weight excluding hydrogens is 568 g/mol. The van der Waals surface area contributed by atoms with Crippen molar-refractivity contribution in [2.75, 3.05) is 10.2 Å². The number of aromatic hydroxyl groups is 1. The molecule has 244 valence electrons. The second kappa shape index (κ2) is 11.7. The molecule has 3 aromatic rings. The first-order chi connectivity index (χ1) is 21.3. The normalized spacial score (nSPS) is 19.0. The minimum absolute atomic E-state index is 0.0167. The van der Waals surface area contributed by atoms with Gasteiger partial charge in [-0.15, -0.1) is 0 Å². The molecule has 2 N–H and O–H groups in total. The topological polar surface area (TPSA) is 69.6 Å². The second-order valence-corrected chi connectivity index (χ2v) is 16.7. The fourth-order valence-corrected chi connectivity index (χ4v) is 6.88. The third-order valence-corrected chi connectivity index (χ3v) is 9.53. The molecule has 1 aliphatic carbocycles. The van der Waals surface area contributed by atoms with Crippen molar-refractivity contribution in [3.63, 3.8) is 0 Å². The smallest absolute Gasteiger partial charge is 0.230 e. The second-order valence-electron chi connectivity index (χ2n) is 16.7. The molecule has 2 aliphatic rings. The maximum atomic E-state index is 14.6. The Morgan fingerprint density at radius 3 is 1.89 bits per heavy atom. The zero-order valence-electron chi connectivity index (χ0n) is 29.6. The monoisotopic (exact) mass is 620 g/mol. The average Bonchev–Trinajstić information content (AvgIpc) is 3.10. The summed E-state index contributed by atoms with van der Waals surface area (Å²) in [5.74, 6) is -0.0144. The number of phenols is 1. The number of Topliss-reactive ketones (excluding diaryl/α,β-unsaturated/α-hetero) is 1. The van der Waals surface area contributed by atoms with Crippen molar-refractivity contribution in [3.8, 4) is 5.75 Å². The van der Waals surface area contributed by atoms with Crippen molar-refractivity contribution in [2.24, 2.45) is 5.92 Å². The lowest BCUT2D eigenvalue weighted by molar-refractivity contribution is -0.121. The third-order valence-electron chi connectivity index (χ3n) is 9.53. The fraction of sp³-hybridized carbons (Fsp3) is 0.463. The molecule has 1 heterocycles. The zero-order chi connectivity index (χ0) is 33.9. The Labute approximate surface area is 276 Å². The summed E-state index contributed by atoms with van der Waals surface area (Å²) in [4.78, 5) is 30.8.